The quantitative estimate of drug-likeness (QED) is 0.691. The number of hydrogen-bond acceptors (Lipinski definition) is 5. The Morgan fingerprint density at radius 1 is 1.34 bits per heavy atom. The number of nitrogens with one attached hydrogen (secondary N) is 1. The molecule has 1 N–H and O–H groups in total. The van der Waals surface area contributed by atoms with Gasteiger partial charge in [-0.1, -0.05) is 24.4 Å². The molecule has 1 saturated carbocycles. The highest BCUT2D eigenvalue weighted by Gasteiger charge is 2.45. The van der Waals surface area contributed by atoms with Gasteiger partial charge in [-0.15, -0.1) is 0 Å². The fourth-order valence-electron chi connectivity index (χ4n) is 4.22. The van der Waals surface area contributed by atoms with Crippen LogP contribution in [0.3, 0.4) is 0 Å². The van der Waals surface area contributed by atoms with Gasteiger partial charge in [0, 0.05) is 30.2 Å². The first-order valence-corrected chi connectivity index (χ1v) is 10.2. The average Bonchev–Trinajstić information content (AvgIpc) is 2.63. The van der Waals surface area contributed by atoms with Crippen molar-refractivity contribution in [1.82, 2.24) is 5.32 Å². The topological polar surface area (TPSA) is 50.8 Å². The zero-order valence-electron chi connectivity index (χ0n) is 16.7. The third-order valence-corrected chi connectivity index (χ3v) is 5.63. The van der Waals surface area contributed by atoms with Gasteiger partial charge >= 0.3 is 12.1 Å². The number of carbonyl (C=O) groups excluding carboxylic acids is 1. The minimum atomic E-state index is -4.26. The van der Waals surface area contributed by atoms with Crippen LogP contribution < -0.4 is 15.0 Å². The average molecular weight is 435 g/mol. The standard InChI is InChI=1S/C20H26ClF3N2O3/c1-4-28-18(27)20(23,24)29-17-10-13(22)16(9-12(17)21)26-11-19(2,3)25-14-7-5-6-8-15(14)26/h9-10,14-15,25H,4-8,11H2,1-3H3/t14-,15-/m1/s1. The summed E-state index contributed by atoms with van der Waals surface area (Å²) in [6.07, 6.45) is -0.213. The largest absolute Gasteiger partial charge is 0.502 e. The maximum Gasteiger partial charge on any atom is 0.502 e. The second kappa shape index (κ2) is 8.22. The maximum absolute atomic E-state index is 15.0. The van der Waals surface area contributed by atoms with Crippen molar-refractivity contribution in [2.45, 2.75) is 70.2 Å². The number of carbonyl (C=O) groups is 1. The molecular weight excluding hydrogens is 409 g/mol. The summed E-state index contributed by atoms with van der Waals surface area (Å²) in [6.45, 7) is 5.78. The SMILES string of the molecule is CCOC(=O)C(F)(F)Oc1cc(F)c(N2CC(C)(C)N[C@@H]3CCCC[C@H]32)cc1Cl. The maximum atomic E-state index is 15.0. The summed E-state index contributed by atoms with van der Waals surface area (Å²) < 4.78 is 51.4. The Labute approximate surface area is 173 Å². The van der Waals surface area contributed by atoms with Crippen LogP contribution in [-0.2, 0) is 9.53 Å². The Hall–Kier alpha value is -1.67. The summed E-state index contributed by atoms with van der Waals surface area (Å²) in [5.74, 6) is -3.19. The Bertz CT molecular complexity index is 776. The van der Waals surface area contributed by atoms with Gasteiger partial charge in [-0.2, -0.15) is 8.78 Å². The van der Waals surface area contributed by atoms with Crippen molar-refractivity contribution < 1.29 is 27.4 Å². The molecule has 3 rings (SSSR count). The highest BCUT2D eigenvalue weighted by molar-refractivity contribution is 6.32. The van der Waals surface area contributed by atoms with Crippen LogP contribution in [0.4, 0.5) is 18.9 Å². The molecule has 1 aromatic rings. The smallest absolute Gasteiger partial charge is 0.459 e. The van der Waals surface area contributed by atoms with Gasteiger partial charge in [-0.25, -0.2) is 9.18 Å². The van der Waals surface area contributed by atoms with E-state index in [2.05, 4.69) is 14.8 Å². The van der Waals surface area contributed by atoms with Crippen LogP contribution >= 0.6 is 11.6 Å². The molecule has 29 heavy (non-hydrogen) atoms. The van der Waals surface area contributed by atoms with Crippen molar-refractivity contribution >= 4 is 23.3 Å². The predicted molar refractivity (Wildman–Crippen MR) is 104 cm³/mol. The number of hydrogen-bond donors (Lipinski definition) is 1. The molecule has 1 heterocycles. The summed E-state index contributed by atoms with van der Waals surface area (Å²) >= 11 is 6.14. The Balaban J connectivity index is 1.89. The molecule has 1 aromatic carbocycles. The summed E-state index contributed by atoms with van der Waals surface area (Å²) in [5, 5.41) is 3.42. The highest BCUT2D eigenvalue weighted by atomic mass is 35.5. The molecule has 0 spiro atoms. The van der Waals surface area contributed by atoms with Crippen LogP contribution in [0.2, 0.25) is 5.02 Å². The van der Waals surface area contributed by atoms with E-state index in [0.717, 1.165) is 31.7 Å². The molecule has 5 nitrogen and oxygen atoms in total. The number of benzene rings is 1. The molecular formula is C20H26ClF3N2O3. The van der Waals surface area contributed by atoms with E-state index in [-0.39, 0.29) is 34.9 Å². The second-order valence-corrected chi connectivity index (χ2v) is 8.59. The van der Waals surface area contributed by atoms with Gasteiger partial charge < -0.3 is 19.7 Å². The predicted octanol–water partition coefficient (Wildman–Crippen LogP) is 4.51. The lowest BCUT2D eigenvalue weighted by atomic mass is 9.83. The Morgan fingerprint density at radius 2 is 2.03 bits per heavy atom. The van der Waals surface area contributed by atoms with Gasteiger partial charge in [0.2, 0.25) is 0 Å². The lowest BCUT2D eigenvalue weighted by molar-refractivity contribution is -0.216. The fraction of sp³-hybridized carbons (Fsp3) is 0.650. The molecule has 0 aromatic heterocycles. The Morgan fingerprint density at radius 3 is 2.72 bits per heavy atom. The van der Waals surface area contributed by atoms with Gasteiger partial charge in [-0.05, 0) is 39.7 Å². The highest BCUT2D eigenvalue weighted by Crippen LogP contribution is 2.39. The van der Waals surface area contributed by atoms with E-state index in [4.69, 9.17) is 11.6 Å². The molecule has 1 aliphatic heterocycles. The molecule has 2 atom stereocenters. The number of esters is 1. The van der Waals surface area contributed by atoms with Gasteiger partial charge in [0.05, 0.1) is 17.3 Å². The zero-order valence-corrected chi connectivity index (χ0v) is 17.5. The van der Waals surface area contributed by atoms with E-state index in [0.29, 0.717) is 6.54 Å². The first kappa shape index (κ1) is 22.0. The molecule has 0 radical (unpaired) electrons. The number of ether oxygens (including phenoxy) is 2. The minimum Gasteiger partial charge on any atom is -0.459 e. The van der Waals surface area contributed by atoms with Crippen LogP contribution in [0.5, 0.6) is 5.75 Å². The molecule has 0 amide bonds. The molecule has 2 aliphatic rings. The fourth-order valence-corrected chi connectivity index (χ4v) is 4.41. The number of anilines is 1. The van der Waals surface area contributed by atoms with Crippen molar-refractivity contribution in [2.75, 3.05) is 18.1 Å². The van der Waals surface area contributed by atoms with Crippen molar-refractivity contribution in [3.8, 4) is 5.75 Å². The minimum absolute atomic E-state index is 0.0927. The van der Waals surface area contributed by atoms with E-state index < -0.39 is 23.6 Å². The van der Waals surface area contributed by atoms with Crippen molar-refractivity contribution in [3.63, 3.8) is 0 Å². The third kappa shape index (κ3) is 4.74. The number of rotatable bonds is 5. The van der Waals surface area contributed by atoms with Crippen LogP contribution in [0, 0.1) is 5.82 Å². The van der Waals surface area contributed by atoms with Gasteiger partial charge in [0.15, 0.2) is 0 Å². The number of nitrogens with zero attached hydrogens (tertiary/aromatic N) is 1. The monoisotopic (exact) mass is 434 g/mol. The van der Waals surface area contributed by atoms with E-state index in [1.54, 1.807) is 0 Å². The molecule has 9 heteroatoms. The molecule has 1 aliphatic carbocycles. The first-order valence-electron chi connectivity index (χ1n) is 9.81. The van der Waals surface area contributed by atoms with E-state index in [1.807, 2.05) is 18.7 Å². The van der Waals surface area contributed by atoms with Gasteiger partial charge in [0.25, 0.3) is 0 Å². The van der Waals surface area contributed by atoms with Crippen molar-refractivity contribution in [3.05, 3.63) is 23.0 Å². The lowest BCUT2D eigenvalue weighted by Crippen LogP contribution is -2.67. The van der Waals surface area contributed by atoms with Crippen LogP contribution in [0.15, 0.2) is 12.1 Å². The number of halogens is 4. The summed E-state index contributed by atoms with van der Waals surface area (Å²) in [7, 11) is 0. The molecule has 0 bridgehead atoms. The van der Waals surface area contributed by atoms with Gasteiger partial charge in [0.1, 0.15) is 11.6 Å². The zero-order chi connectivity index (χ0) is 21.4. The number of piperazine rings is 1. The molecule has 2 fully saturated rings. The van der Waals surface area contributed by atoms with E-state index >= 15 is 0 Å². The van der Waals surface area contributed by atoms with Crippen molar-refractivity contribution in [1.29, 1.82) is 0 Å². The number of alkyl halides is 2. The molecule has 0 unspecified atom stereocenters. The lowest BCUT2D eigenvalue weighted by Gasteiger charge is -2.52. The van der Waals surface area contributed by atoms with Crippen molar-refractivity contribution in [2.24, 2.45) is 0 Å². The molecule has 1 saturated heterocycles. The van der Waals surface area contributed by atoms with Crippen LogP contribution in [-0.4, -0.2) is 42.9 Å². The summed E-state index contributed by atoms with van der Waals surface area (Å²) in [6, 6.07) is 2.41. The first-order chi connectivity index (χ1) is 13.5. The number of fused-ring (bicyclic) bond motifs is 1. The normalized spacial score (nSPS) is 24.0. The second-order valence-electron chi connectivity index (χ2n) is 8.19. The summed E-state index contributed by atoms with van der Waals surface area (Å²) in [4.78, 5) is 13.3. The third-order valence-electron chi connectivity index (χ3n) is 5.33. The van der Waals surface area contributed by atoms with E-state index in [9.17, 15) is 18.0 Å². The van der Waals surface area contributed by atoms with Crippen LogP contribution in [0.1, 0.15) is 46.5 Å². The summed E-state index contributed by atoms with van der Waals surface area (Å²) in [5.41, 5.74) is -0.00272. The Kier molecular flexibility index (Phi) is 6.24. The van der Waals surface area contributed by atoms with E-state index in [1.165, 1.54) is 13.0 Å². The van der Waals surface area contributed by atoms with Crippen LogP contribution in [0.25, 0.3) is 0 Å². The van der Waals surface area contributed by atoms with Gasteiger partial charge in [-0.3, -0.25) is 0 Å². The molecule has 162 valence electrons.